The van der Waals surface area contributed by atoms with E-state index >= 15 is 0 Å². The summed E-state index contributed by atoms with van der Waals surface area (Å²) in [6.07, 6.45) is 1.32. The third kappa shape index (κ3) is 6.01. The second kappa shape index (κ2) is 11.6. The lowest BCUT2D eigenvalue weighted by Crippen LogP contribution is -2.34. The zero-order chi connectivity index (χ0) is 24.6. The highest BCUT2D eigenvalue weighted by molar-refractivity contribution is 5.89. The molecule has 0 fully saturated rings. The van der Waals surface area contributed by atoms with E-state index in [9.17, 15) is 9.90 Å². The van der Waals surface area contributed by atoms with E-state index in [4.69, 9.17) is 14.2 Å². The number of aliphatic hydroxyl groups is 1. The molecule has 4 rings (SSSR count). The molecule has 0 aliphatic carbocycles. The summed E-state index contributed by atoms with van der Waals surface area (Å²) in [6.45, 7) is 1.08. The number of nitrogens with one attached hydrogen (secondary N) is 2. The Bertz CT molecular complexity index is 1250. The van der Waals surface area contributed by atoms with E-state index in [1.807, 2.05) is 24.3 Å². The Kier molecular flexibility index (Phi) is 8.03. The van der Waals surface area contributed by atoms with Crippen molar-refractivity contribution in [2.75, 3.05) is 33.9 Å². The minimum absolute atomic E-state index is 0.0712. The summed E-state index contributed by atoms with van der Waals surface area (Å²) < 4.78 is 15.7. The topological polar surface area (TPSA) is 92.8 Å². The fourth-order valence-corrected chi connectivity index (χ4v) is 4.10. The molecule has 0 radical (unpaired) electrons. The smallest absolute Gasteiger partial charge is 0.337 e. The molecule has 0 amide bonds. The highest BCUT2D eigenvalue weighted by atomic mass is 16.5. The monoisotopic (exact) mass is 474 g/mol. The molecule has 0 unspecified atom stereocenters. The number of carbonyl (C=O) groups is 1. The maximum absolute atomic E-state index is 11.7. The average Bonchev–Trinajstić information content (AvgIpc) is 3.33. The first-order chi connectivity index (χ1) is 17.1. The number of fused-ring (bicyclic) bond motifs is 1. The van der Waals surface area contributed by atoms with Gasteiger partial charge in [0.25, 0.3) is 0 Å². The van der Waals surface area contributed by atoms with Gasteiger partial charge in [0.15, 0.2) is 0 Å². The number of para-hydroxylation sites is 1. The zero-order valence-electron chi connectivity index (χ0n) is 19.9. The molecule has 0 saturated carbocycles. The van der Waals surface area contributed by atoms with Crippen molar-refractivity contribution in [2.45, 2.75) is 12.0 Å². The number of H-pyrrole nitrogens is 1. The molecule has 0 spiro atoms. The predicted molar refractivity (Wildman–Crippen MR) is 135 cm³/mol. The number of aromatic nitrogens is 1. The maximum Gasteiger partial charge on any atom is 0.337 e. The van der Waals surface area contributed by atoms with Crippen LogP contribution in [0.3, 0.4) is 0 Å². The lowest BCUT2D eigenvalue weighted by atomic mass is 9.90. The largest absolute Gasteiger partial charge is 0.497 e. The van der Waals surface area contributed by atoms with Gasteiger partial charge in [0.2, 0.25) is 0 Å². The van der Waals surface area contributed by atoms with Crippen LogP contribution in [0.15, 0.2) is 79.0 Å². The molecule has 7 heteroatoms. The second-order valence-corrected chi connectivity index (χ2v) is 8.26. The van der Waals surface area contributed by atoms with E-state index in [0.29, 0.717) is 24.4 Å². The molecule has 0 aliphatic rings. The number of aliphatic hydroxyl groups excluding tert-OH is 1. The third-order valence-corrected chi connectivity index (χ3v) is 5.94. The molecule has 4 aromatic rings. The van der Waals surface area contributed by atoms with Crippen molar-refractivity contribution < 1.29 is 24.1 Å². The molecule has 1 heterocycles. The number of hydrogen-bond donors (Lipinski definition) is 3. The zero-order valence-corrected chi connectivity index (χ0v) is 19.9. The Morgan fingerprint density at radius 3 is 2.54 bits per heavy atom. The molecule has 0 bridgehead atoms. The number of hydrogen-bond acceptors (Lipinski definition) is 6. The number of rotatable bonds is 11. The van der Waals surface area contributed by atoms with Crippen molar-refractivity contribution in [3.8, 4) is 11.5 Å². The Labute approximate surface area is 204 Å². The van der Waals surface area contributed by atoms with Gasteiger partial charge in [-0.1, -0.05) is 36.4 Å². The lowest BCUT2D eigenvalue weighted by molar-refractivity contribution is 0.0600. The molecule has 2 atom stereocenters. The molecule has 0 aliphatic heterocycles. The van der Waals surface area contributed by atoms with E-state index < -0.39 is 12.1 Å². The third-order valence-electron chi connectivity index (χ3n) is 5.94. The van der Waals surface area contributed by atoms with Gasteiger partial charge in [-0.25, -0.2) is 4.79 Å². The number of ether oxygens (including phenoxy) is 3. The van der Waals surface area contributed by atoms with E-state index in [0.717, 1.165) is 16.8 Å². The standard InChI is InChI=1S/C28H30N2O5/c1-33-22-12-10-19(11-13-22)25(26-17-30-27-9-4-3-8-24(26)27)16-29-15-21(31)18-35-23-7-5-6-20(14-23)28(32)34-2/h3-14,17,21,25,29-31H,15-16,18H2,1-2H3/t21-,25-/m0/s1. The summed E-state index contributed by atoms with van der Waals surface area (Å²) in [5.74, 6) is 0.950. The van der Waals surface area contributed by atoms with Gasteiger partial charge in [0, 0.05) is 36.1 Å². The molecule has 3 N–H and O–H groups in total. The Balaban J connectivity index is 1.40. The lowest BCUT2D eigenvalue weighted by Gasteiger charge is -2.20. The summed E-state index contributed by atoms with van der Waals surface area (Å²) in [4.78, 5) is 15.1. The van der Waals surface area contributed by atoms with Crippen LogP contribution >= 0.6 is 0 Å². The van der Waals surface area contributed by atoms with Gasteiger partial charge in [-0.15, -0.1) is 0 Å². The number of benzene rings is 3. The van der Waals surface area contributed by atoms with Crippen LogP contribution in [0, 0.1) is 0 Å². The van der Waals surface area contributed by atoms with Crippen LogP contribution < -0.4 is 14.8 Å². The number of carbonyl (C=O) groups excluding carboxylic acids is 1. The van der Waals surface area contributed by atoms with Crippen molar-refractivity contribution in [3.63, 3.8) is 0 Å². The summed E-state index contributed by atoms with van der Waals surface area (Å²) in [5.41, 5.74) is 3.82. The summed E-state index contributed by atoms with van der Waals surface area (Å²) >= 11 is 0. The van der Waals surface area contributed by atoms with E-state index in [1.54, 1.807) is 31.4 Å². The SMILES string of the molecule is COC(=O)c1cccc(OC[C@@H](O)CNC[C@@H](c2ccc(OC)cc2)c2c[nH]c3ccccc23)c1. The van der Waals surface area contributed by atoms with Crippen LogP contribution in [0.1, 0.15) is 27.4 Å². The second-order valence-electron chi connectivity index (χ2n) is 8.26. The molecule has 0 saturated heterocycles. The Morgan fingerprint density at radius 1 is 0.971 bits per heavy atom. The van der Waals surface area contributed by atoms with Gasteiger partial charge < -0.3 is 29.6 Å². The fraction of sp³-hybridized carbons (Fsp3) is 0.250. The van der Waals surface area contributed by atoms with Gasteiger partial charge >= 0.3 is 5.97 Å². The highest BCUT2D eigenvalue weighted by Crippen LogP contribution is 2.31. The molecule has 35 heavy (non-hydrogen) atoms. The van der Waals surface area contributed by atoms with E-state index in [-0.39, 0.29) is 12.5 Å². The molecule has 182 valence electrons. The minimum Gasteiger partial charge on any atom is -0.497 e. The Hall–Kier alpha value is -3.81. The van der Waals surface area contributed by atoms with Crippen LogP contribution in [-0.2, 0) is 4.74 Å². The molecule has 7 nitrogen and oxygen atoms in total. The van der Waals surface area contributed by atoms with Crippen molar-refractivity contribution in [3.05, 3.63) is 95.7 Å². The summed E-state index contributed by atoms with van der Waals surface area (Å²) in [6, 6.07) is 23.0. The number of methoxy groups -OCH3 is 2. The summed E-state index contributed by atoms with van der Waals surface area (Å²) in [5, 5.41) is 15.0. The van der Waals surface area contributed by atoms with Crippen molar-refractivity contribution in [2.24, 2.45) is 0 Å². The van der Waals surface area contributed by atoms with Crippen molar-refractivity contribution >= 4 is 16.9 Å². The predicted octanol–water partition coefficient (Wildman–Crippen LogP) is 4.12. The minimum atomic E-state index is -0.726. The molecular formula is C28H30N2O5. The molecular weight excluding hydrogens is 444 g/mol. The van der Waals surface area contributed by atoms with Gasteiger partial charge in [-0.05, 0) is 47.5 Å². The first-order valence-electron chi connectivity index (χ1n) is 11.5. The fourth-order valence-electron chi connectivity index (χ4n) is 4.10. The highest BCUT2D eigenvalue weighted by Gasteiger charge is 2.19. The van der Waals surface area contributed by atoms with Crippen molar-refractivity contribution in [1.29, 1.82) is 0 Å². The van der Waals surface area contributed by atoms with Crippen LogP contribution in [0.4, 0.5) is 0 Å². The summed E-state index contributed by atoms with van der Waals surface area (Å²) in [7, 11) is 2.99. The average molecular weight is 475 g/mol. The van der Waals surface area contributed by atoms with E-state index in [2.05, 4.69) is 40.8 Å². The number of esters is 1. The van der Waals surface area contributed by atoms with Crippen molar-refractivity contribution in [1.82, 2.24) is 10.3 Å². The van der Waals surface area contributed by atoms with Crippen LogP contribution in [-0.4, -0.2) is 56.1 Å². The van der Waals surface area contributed by atoms with Gasteiger partial charge in [-0.3, -0.25) is 0 Å². The normalized spacial score (nSPS) is 12.8. The first-order valence-corrected chi connectivity index (χ1v) is 11.5. The number of aromatic amines is 1. The van der Waals surface area contributed by atoms with Crippen LogP contribution in [0.5, 0.6) is 11.5 Å². The van der Waals surface area contributed by atoms with Gasteiger partial charge in [0.1, 0.15) is 24.2 Å². The van der Waals surface area contributed by atoms with Crippen LogP contribution in [0.2, 0.25) is 0 Å². The van der Waals surface area contributed by atoms with Gasteiger partial charge in [0.05, 0.1) is 19.8 Å². The van der Waals surface area contributed by atoms with Gasteiger partial charge in [-0.2, -0.15) is 0 Å². The maximum atomic E-state index is 11.7. The molecule has 1 aromatic heterocycles. The molecule has 3 aromatic carbocycles. The Morgan fingerprint density at radius 2 is 1.77 bits per heavy atom. The quantitative estimate of drug-likeness (QED) is 0.283. The van der Waals surface area contributed by atoms with E-state index in [1.165, 1.54) is 18.1 Å². The van der Waals surface area contributed by atoms with Crippen LogP contribution in [0.25, 0.3) is 10.9 Å². The first kappa shape index (κ1) is 24.3.